The first kappa shape index (κ1) is 16.4. The lowest BCUT2D eigenvalue weighted by Gasteiger charge is -2.21. The molecule has 0 unspecified atom stereocenters. The van der Waals surface area contributed by atoms with Crippen molar-refractivity contribution in [2.24, 2.45) is 0 Å². The van der Waals surface area contributed by atoms with Crippen LogP contribution in [0.5, 0.6) is 0 Å². The Morgan fingerprint density at radius 3 is 2.36 bits per heavy atom. The number of hydrogen-bond acceptors (Lipinski definition) is 2. The summed E-state index contributed by atoms with van der Waals surface area (Å²) in [5.74, 6) is 0.0350. The molecule has 0 atom stereocenters. The first-order chi connectivity index (χ1) is 10.6. The summed E-state index contributed by atoms with van der Waals surface area (Å²) in [5.41, 5.74) is 3.34. The van der Waals surface area contributed by atoms with Crippen LogP contribution in [0.1, 0.15) is 29.8 Å². The van der Waals surface area contributed by atoms with E-state index >= 15 is 0 Å². The van der Waals surface area contributed by atoms with Crippen LogP contribution in [0.4, 0.5) is 11.4 Å². The molecule has 22 heavy (non-hydrogen) atoms. The van der Waals surface area contributed by atoms with Gasteiger partial charge in [-0.2, -0.15) is 0 Å². The molecular formula is C18H21ClN2O. The molecule has 2 aromatic carbocycles. The summed E-state index contributed by atoms with van der Waals surface area (Å²) < 4.78 is 0. The Bertz CT molecular complexity index is 666. The molecule has 1 amide bonds. The summed E-state index contributed by atoms with van der Waals surface area (Å²) in [6.07, 6.45) is 0. The van der Waals surface area contributed by atoms with Crippen LogP contribution in [0, 0.1) is 6.92 Å². The van der Waals surface area contributed by atoms with Crippen LogP contribution < -0.4 is 5.32 Å². The van der Waals surface area contributed by atoms with Gasteiger partial charge in [0.1, 0.15) is 0 Å². The van der Waals surface area contributed by atoms with Gasteiger partial charge in [-0.15, -0.1) is 0 Å². The van der Waals surface area contributed by atoms with Crippen molar-refractivity contribution >= 4 is 28.9 Å². The molecule has 0 aliphatic carbocycles. The number of hydrogen-bond donors (Lipinski definition) is 1. The Morgan fingerprint density at radius 2 is 1.68 bits per heavy atom. The lowest BCUT2D eigenvalue weighted by Crippen LogP contribution is -2.30. The highest BCUT2D eigenvalue weighted by Crippen LogP contribution is 2.28. The third-order valence-corrected chi connectivity index (χ3v) is 4.15. The molecule has 2 aromatic rings. The molecule has 0 radical (unpaired) electrons. The molecule has 3 nitrogen and oxygen atoms in total. The minimum Gasteiger partial charge on any atom is -0.355 e. The molecular weight excluding hydrogens is 296 g/mol. The number of carbonyl (C=O) groups is 1. The van der Waals surface area contributed by atoms with Crippen LogP contribution in [0.25, 0.3) is 0 Å². The molecule has 0 aliphatic heterocycles. The lowest BCUT2D eigenvalue weighted by molar-refractivity contribution is 0.0774. The predicted octanol–water partition coefficient (Wildman–Crippen LogP) is 4.87. The fraction of sp³-hybridized carbons (Fsp3) is 0.278. The fourth-order valence-electron chi connectivity index (χ4n) is 2.35. The second-order valence-electron chi connectivity index (χ2n) is 5.06. The van der Waals surface area contributed by atoms with Gasteiger partial charge in [-0.25, -0.2) is 0 Å². The zero-order chi connectivity index (χ0) is 16.1. The van der Waals surface area contributed by atoms with Crippen molar-refractivity contribution in [1.29, 1.82) is 0 Å². The largest absolute Gasteiger partial charge is 0.355 e. The van der Waals surface area contributed by atoms with Gasteiger partial charge in [-0.3, -0.25) is 4.79 Å². The highest BCUT2D eigenvalue weighted by Gasteiger charge is 2.16. The van der Waals surface area contributed by atoms with E-state index in [4.69, 9.17) is 11.6 Å². The van der Waals surface area contributed by atoms with Crippen LogP contribution in [0.3, 0.4) is 0 Å². The van der Waals surface area contributed by atoms with Crippen LogP contribution in [-0.2, 0) is 0 Å². The average Bonchev–Trinajstić information content (AvgIpc) is 2.53. The zero-order valence-corrected chi connectivity index (χ0v) is 13.9. The molecule has 1 N–H and O–H groups in total. The van der Waals surface area contributed by atoms with Gasteiger partial charge >= 0.3 is 0 Å². The van der Waals surface area contributed by atoms with Gasteiger partial charge in [0.15, 0.2) is 0 Å². The molecule has 0 aliphatic rings. The molecule has 0 bridgehead atoms. The van der Waals surface area contributed by atoms with E-state index in [0.29, 0.717) is 23.7 Å². The Labute approximate surface area is 136 Å². The van der Waals surface area contributed by atoms with Crippen molar-refractivity contribution in [2.75, 3.05) is 18.4 Å². The molecule has 0 fully saturated rings. The summed E-state index contributed by atoms with van der Waals surface area (Å²) in [6, 6.07) is 13.3. The summed E-state index contributed by atoms with van der Waals surface area (Å²) in [5, 5.41) is 4.04. The normalized spacial score (nSPS) is 10.4. The molecule has 2 rings (SSSR count). The number of halogens is 1. The number of nitrogens with zero attached hydrogens (tertiary/aromatic N) is 1. The molecule has 0 aromatic heterocycles. The monoisotopic (exact) mass is 316 g/mol. The first-order valence-corrected chi connectivity index (χ1v) is 7.86. The highest BCUT2D eigenvalue weighted by atomic mass is 35.5. The first-order valence-electron chi connectivity index (χ1n) is 7.48. The summed E-state index contributed by atoms with van der Waals surface area (Å²) >= 11 is 6.16. The van der Waals surface area contributed by atoms with Gasteiger partial charge in [-0.05, 0) is 50.6 Å². The number of rotatable bonds is 5. The number of carbonyl (C=O) groups excluding carboxylic acids is 1. The zero-order valence-electron chi connectivity index (χ0n) is 13.2. The van der Waals surface area contributed by atoms with Crippen molar-refractivity contribution in [3.05, 3.63) is 58.6 Å². The van der Waals surface area contributed by atoms with Crippen molar-refractivity contribution in [3.63, 3.8) is 0 Å². The van der Waals surface area contributed by atoms with E-state index in [2.05, 4.69) is 5.32 Å². The van der Waals surface area contributed by atoms with E-state index in [1.54, 1.807) is 0 Å². The van der Waals surface area contributed by atoms with Gasteiger partial charge in [0.25, 0.3) is 5.91 Å². The second-order valence-corrected chi connectivity index (χ2v) is 5.47. The highest BCUT2D eigenvalue weighted by molar-refractivity contribution is 6.31. The number of para-hydroxylation sites is 1. The summed E-state index contributed by atoms with van der Waals surface area (Å²) in [7, 11) is 0. The third-order valence-electron chi connectivity index (χ3n) is 3.75. The third kappa shape index (κ3) is 3.42. The van der Waals surface area contributed by atoms with Crippen molar-refractivity contribution in [2.45, 2.75) is 20.8 Å². The summed E-state index contributed by atoms with van der Waals surface area (Å²) in [6.45, 7) is 7.32. The number of benzene rings is 2. The maximum Gasteiger partial charge on any atom is 0.255 e. The Kier molecular flexibility index (Phi) is 5.45. The van der Waals surface area contributed by atoms with Gasteiger partial charge < -0.3 is 10.2 Å². The van der Waals surface area contributed by atoms with Gasteiger partial charge in [0, 0.05) is 23.8 Å². The predicted molar refractivity (Wildman–Crippen MR) is 93.2 cm³/mol. The number of amides is 1. The molecule has 0 saturated carbocycles. The molecule has 0 saturated heterocycles. The van der Waals surface area contributed by atoms with Crippen molar-refractivity contribution in [3.8, 4) is 0 Å². The minimum absolute atomic E-state index is 0.0350. The minimum atomic E-state index is 0.0350. The fourth-order valence-corrected chi connectivity index (χ4v) is 2.52. The Morgan fingerprint density at radius 1 is 1.05 bits per heavy atom. The Balaban J connectivity index is 2.37. The maximum absolute atomic E-state index is 12.6. The van der Waals surface area contributed by atoms with Crippen LogP contribution in [0.2, 0.25) is 5.02 Å². The van der Waals surface area contributed by atoms with E-state index in [0.717, 1.165) is 16.9 Å². The van der Waals surface area contributed by atoms with E-state index in [1.807, 2.05) is 68.1 Å². The van der Waals surface area contributed by atoms with Gasteiger partial charge in [0.05, 0.1) is 11.3 Å². The van der Waals surface area contributed by atoms with Crippen molar-refractivity contribution in [1.82, 2.24) is 4.90 Å². The lowest BCUT2D eigenvalue weighted by atomic mass is 10.1. The smallest absolute Gasteiger partial charge is 0.255 e. The van der Waals surface area contributed by atoms with Gasteiger partial charge in [0.2, 0.25) is 0 Å². The Hall–Kier alpha value is -2.00. The SMILES string of the molecule is CCN(CC)C(=O)c1ccccc1Nc1cccc(Cl)c1C. The number of anilines is 2. The van der Waals surface area contributed by atoms with Gasteiger partial charge in [-0.1, -0.05) is 29.8 Å². The standard InChI is InChI=1S/C18H21ClN2O/c1-4-21(5-2)18(22)14-9-6-7-11-17(14)20-16-12-8-10-15(19)13(16)3/h6-12,20H,4-5H2,1-3H3. The summed E-state index contributed by atoms with van der Waals surface area (Å²) in [4.78, 5) is 14.4. The maximum atomic E-state index is 12.6. The second kappa shape index (κ2) is 7.32. The van der Waals surface area contributed by atoms with Crippen LogP contribution in [-0.4, -0.2) is 23.9 Å². The van der Waals surface area contributed by atoms with E-state index < -0.39 is 0 Å². The quantitative estimate of drug-likeness (QED) is 0.853. The molecule has 116 valence electrons. The topological polar surface area (TPSA) is 32.3 Å². The average molecular weight is 317 g/mol. The van der Waals surface area contributed by atoms with Crippen molar-refractivity contribution < 1.29 is 4.79 Å². The van der Waals surface area contributed by atoms with Crippen LogP contribution in [0.15, 0.2) is 42.5 Å². The van der Waals surface area contributed by atoms with E-state index in [-0.39, 0.29) is 5.91 Å². The number of nitrogens with one attached hydrogen (secondary N) is 1. The molecule has 4 heteroatoms. The molecule has 0 spiro atoms. The van der Waals surface area contributed by atoms with E-state index in [9.17, 15) is 4.79 Å². The molecule has 0 heterocycles. The van der Waals surface area contributed by atoms with E-state index in [1.165, 1.54) is 0 Å². The van der Waals surface area contributed by atoms with Crippen LogP contribution >= 0.6 is 11.6 Å².